The molecule has 122 valence electrons. The highest BCUT2D eigenvalue weighted by atomic mass is 35.5. The summed E-state index contributed by atoms with van der Waals surface area (Å²) in [5.41, 5.74) is 2.50. The molecule has 1 aromatic heterocycles. The normalized spacial score (nSPS) is 12.0. The first-order valence-corrected chi connectivity index (χ1v) is 7.50. The fourth-order valence-corrected chi connectivity index (χ4v) is 2.49. The zero-order valence-electron chi connectivity index (χ0n) is 13.1. The van der Waals surface area contributed by atoms with Gasteiger partial charge in [0.25, 0.3) is 5.91 Å². The smallest absolute Gasteiger partial charge is 0.325 e. The van der Waals surface area contributed by atoms with Gasteiger partial charge < -0.3 is 10.4 Å². The minimum atomic E-state index is -1.09. The van der Waals surface area contributed by atoms with Crippen molar-refractivity contribution in [1.82, 2.24) is 15.1 Å². The third kappa shape index (κ3) is 3.71. The Morgan fingerprint density at radius 1 is 1.35 bits per heavy atom. The second-order valence-corrected chi connectivity index (χ2v) is 5.74. The molecule has 0 bridgehead atoms. The van der Waals surface area contributed by atoms with E-state index in [1.54, 1.807) is 24.6 Å². The van der Waals surface area contributed by atoms with Crippen LogP contribution in [0.5, 0.6) is 0 Å². The fourth-order valence-electron chi connectivity index (χ4n) is 2.30. The third-order valence-electron chi connectivity index (χ3n) is 3.60. The van der Waals surface area contributed by atoms with Crippen molar-refractivity contribution < 1.29 is 14.7 Å². The number of amides is 1. The maximum Gasteiger partial charge on any atom is 0.325 e. The van der Waals surface area contributed by atoms with Crippen molar-refractivity contribution in [2.45, 2.75) is 33.4 Å². The zero-order valence-corrected chi connectivity index (χ0v) is 13.9. The Morgan fingerprint density at radius 2 is 2.00 bits per heavy atom. The van der Waals surface area contributed by atoms with Gasteiger partial charge in [-0.3, -0.25) is 14.3 Å². The van der Waals surface area contributed by atoms with E-state index in [9.17, 15) is 9.59 Å². The summed E-state index contributed by atoms with van der Waals surface area (Å²) < 4.78 is 1.69. The molecule has 0 unspecified atom stereocenters. The second kappa shape index (κ2) is 6.83. The molecule has 1 atom stereocenters. The van der Waals surface area contributed by atoms with E-state index >= 15 is 0 Å². The Bertz CT molecular complexity index is 755. The van der Waals surface area contributed by atoms with E-state index in [-0.39, 0.29) is 0 Å². The van der Waals surface area contributed by atoms with Crippen LogP contribution in [0.2, 0.25) is 5.02 Å². The lowest BCUT2D eigenvalue weighted by Crippen LogP contribution is -2.38. The highest BCUT2D eigenvalue weighted by Crippen LogP contribution is 2.19. The predicted octanol–water partition coefficient (Wildman–Crippen LogP) is 2.40. The lowest BCUT2D eigenvalue weighted by Gasteiger charge is -2.10. The van der Waals surface area contributed by atoms with Gasteiger partial charge in [0, 0.05) is 10.7 Å². The van der Waals surface area contributed by atoms with E-state index in [0.717, 1.165) is 5.56 Å². The lowest BCUT2D eigenvalue weighted by atomic mass is 10.1. The number of rotatable bonds is 5. The van der Waals surface area contributed by atoms with Crippen molar-refractivity contribution in [3.05, 3.63) is 51.8 Å². The monoisotopic (exact) mass is 335 g/mol. The van der Waals surface area contributed by atoms with Gasteiger partial charge in [-0.05, 0) is 32.4 Å². The molecule has 2 aromatic rings. The molecule has 6 nitrogen and oxygen atoms in total. The number of aliphatic carboxylic acids is 1. The quantitative estimate of drug-likeness (QED) is 0.878. The number of carboxylic acids is 1. The van der Waals surface area contributed by atoms with Crippen molar-refractivity contribution in [3.8, 4) is 0 Å². The lowest BCUT2D eigenvalue weighted by molar-refractivity contribution is -0.138. The van der Waals surface area contributed by atoms with Gasteiger partial charge in [0.05, 0.1) is 17.8 Å². The number of aryl methyl sites for hydroxylation is 1. The molecule has 23 heavy (non-hydrogen) atoms. The van der Waals surface area contributed by atoms with Crippen LogP contribution in [-0.4, -0.2) is 32.8 Å². The van der Waals surface area contributed by atoms with Gasteiger partial charge in [-0.25, -0.2) is 0 Å². The Balaban J connectivity index is 2.27. The predicted molar refractivity (Wildman–Crippen MR) is 86.8 cm³/mol. The molecule has 1 heterocycles. The number of carbonyl (C=O) groups is 2. The molecule has 2 rings (SSSR count). The van der Waals surface area contributed by atoms with E-state index in [1.807, 2.05) is 18.2 Å². The van der Waals surface area contributed by atoms with Gasteiger partial charge in [-0.1, -0.05) is 29.8 Å². The molecule has 2 N–H and O–H groups in total. The number of carbonyl (C=O) groups excluding carboxylic acids is 1. The molecular formula is C16H18ClN3O3. The number of nitrogens with zero attached hydrogens (tertiary/aromatic N) is 2. The third-order valence-corrected chi connectivity index (χ3v) is 3.97. The molecule has 0 aliphatic heterocycles. The number of aromatic nitrogens is 2. The van der Waals surface area contributed by atoms with Crippen LogP contribution in [0.15, 0.2) is 24.3 Å². The van der Waals surface area contributed by atoms with Crippen LogP contribution in [-0.2, 0) is 11.3 Å². The molecule has 0 saturated carbocycles. The first-order chi connectivity index (χ1) is 10.8. The van der Waals surface area contributed by atoms with E-state index in [0.29, 0.717) is 28.5 Å². The maximum atomic E-state index is 12.3. The number of hydrogen-bond donors (Lipinski definition) is 2. The second-order valence-electron chi connectivity index (χ2n) is 5.33. The number of carboxylic acid groups (broad SMARTS) is 1. The summed E-state index contributed by atoms with van der Waals surface area (Å²) in [6.45, 7) is 5.35. The summed E-state index contributed by atoms with van der Waals surface area (Å²) in [7, 11) is 0. The van der Waals surface area contributed by atoms with Crippen molar-refractivity contribution in [3.63, 3.8) is 0 Å². The molecule has 0 aliphatic rings. The Kier molecular flexibility index (Phi) is 5.05. The summed E-state index contributed by atoms with van der Waals surface area (Å²) >= 11 is 6.15. The molecule has 0 radical (unpaired) electrons. The van der Waals surface area contributed by atoms with E-state index in [4.69, 9.17) is 16.7 Å². The summed E-state index contributed by atoms with van der Waals surface area (Å²) in [5.74, 6) is -1.53. The average molecular weight is 336 g/mol. The molecule has 0 spiro atoms. The topological polar surface area (TPSA) is 84.2 Å². The van der Waals surface area contributed by atoms with Crippen LogP contribution in [0.25, 0.3) is 0 Å². The zero-order chi connectivity index (χ0) is 17.1. The molecule has 0 fully saturated rings. The average Bonchev–Trinajstić information content (AvgIpc) is 2.75. The summed E-state index contributed by atoms with van der Waals surface area (Å²) in [4.78, 5) is 23.1. The van der Waals surface area contributed by atoms with Crippen LogP contribution in [0.3, 0.4) is 0 Å². The van der Waals surface area contributed by atoms with Crippen LogP contribution in [0.1, 0.15) is 34.2 Å². The molecule has 7 heteroatoms. The van der Waals surface area contributed by atoms with Crippen LogP contribution >= 0.6 is 11.6 Å². The van der Waals surface area contributed by atoms with Crippen LogP contribution in [0, 0.1) is 13.8 Å². The van der Waals surface area contributed by atoms with Crippen molar-refractivity contribution in [2.75, 3.05) is 0 Å². The maximum absolute atomic E-state index is 12.3. The van der Waals surface area contributed by atoms with Gasteiger partial charge in [0.1, 0.15) is 6.04 Å². The SMILES string of the molecule is Cc1nn(Cc2ccccc2Cl)c(C)c1C(=O)N[C@@H](C)C(=O)O. The number of nitrogens with one attached hydrogen (secondary N) is 1. The van der Waals surface area contributed by atoms with Gasteiger partial charge in [0.15, 0.2) is 0 Å². The van der Waals surface area contributed by atoms with Gasteiger partial charge in [-0.15, -0.1) is 0 Å². The number of halogens is 1. The largest absolute Gasteiger partial charge is 0.480 e. The molecule has 0 aliphatic carbocycles. The first kappa shape index (κ1) is 17.0. The number of hydrogen-bond acceptors (Lipinski definition) is 3. The highest BCUT2D eigenvalue weighted by Gasteiger charge is 2.22. The Hall–Kier alpha value is -2.34. The van der Waals surface area contributed by atoms with Crippen molar-refractivity contribution in [2.24, 2.45) is 0 Å². The van der Waals surface area contributed by atoms with Crippen molar-refractivity contribution in [1.29, 1.82) is 0 Å². The highest BCUT2D eigenvalue weighted by molar-refractivity contribution is 6.31. The van der Waals surface area contributed by atoms with E-state index < -0.39 is 17.9 Å². The van der Waals surface area contributed by atoms with E-state index in [2.05, 4.69) is 10.4 Å². The number of benzene rings is 1. The van der Waals surface area contributed by atoms with Gasteiger partial charge in [0.2, 0.25) is 0 Å². The van der Waals surface area contributed by atoms with Crippen molar-refractivity contribution >= 4 is 23.5 Å². The summed E-state index contributed by atoms with van der Waals surface area (Å²) in [6, 6.07) is 6.46. The molecule has 0 saturated heterocycles. The summed E-state index contributed by atoms with van der Waals surface area (Å²) in [6.07, 6.45) is 0. The Labute approximate surface area is 139 Å². The molecule has 1 aromatic carbocycles. The molecular weight excluding hydrogens is 318 g/mol. The minimum absolute atomic E-state index is 0.394. The van der Waals surface area contributed by atoms with Crippen LogP contribution in [0.4, 0.5) is 0 Å². The minimum Gasteiger partial charge on any atom is -0.480 e. The van der Waals surface area contributed by atoms with Gasteiger partial charge >= 0.3 is 5.97 Å². The fraction of sp³-hybridized carbons (Fsp3) is 0.312. The van der Waals surface area contributed by atoms with Gasteiger partial charge in [-0.2, -0.15) is 5.10 Å². The van der Waals surface area contributed by atoms with Crippen LogP contribution < -0.4 is 5.32 Å². The molecule has 1 amide bonds. The summed E-state index contributed by atoms with van der Waals surface area (Å²) in [5, 5.41) is 16.3. The Morgan fingerprint density at radius 3 is 2.61 bits per heavy atom. The standard InChI is InChI=1S/C16H18ClN3O3/c1-9-14(15(21)18-10(2)16(22)23)11(3)20(19-9)8-12-6-4-5-7-13(12)17/h4-7,10H,8H2,1-3H3,(H,18,21)(H,22,23)/t10-/m0/s1. The first-order valence-electron chi connectivity index (χ1n) is 7.12. The van der Waals surface area contributed by atoms with E-state index in [1.165, 1.54) is 6.92 Å².